The van der Waals surface area contributed by atoms with E-state index < -0.39 is 29.6 Å². The van der Waals surface area contributed by atoms with Gasteiger partial charge in [0.05, 0.1) is 18.5 Å². The molecule has 3 aliphatic rings. The topological polar surface area (TPSA) is 129 Å². The molecule has 0 fully saturated rings. The van der Waals surface area contributed by atoms with E-state index in [1.165, 1.54) is 6.39 Å². The Labute approximate surface area is 265 Å². The van der Waals surface area contributed by atoms with Crippen molar-refractivity contribution < 1.29 is 27.9 Å². The Hall–Kier alpha value is -5.38. The smallest absolute Gasteiger partial charge is 0.306 e. The zero-order valence-electron chi connectivity index (χ0n) is 25.4. The third-order valence-corrected chi connectivity index (χ3v) is 9.15. The third-order valence-electron chi connectivity index (χ3n) is 9.15. The van der Waals surface area contributed by atoms with Gasteiger partial charge in [-0.3, -0.25) is 9.59 Å². The number of para-hydroxylation sites is 1. The van der Waals surface area contributed by atoms with Crippen LogP contribution < -0.4 is 15.4 Å². The summed E-state index contributed by atoms with van der Waals surface area (Å²) in [7, 11) is 0. The fourth-order valence-corrected chi connectivity index (χ4v) is 6.92. The van der Waals surface area contributed by atoms with E-state index in [9.17, 15) is 9.59 Å². The summed E-state index contributed by atoms with van der Waals surface area (Å²) in [6.07, 6.45) is 2.67. The molecule has 5 aromatic rings. The predicted octanol–water partition coefficient (Wildman–Crippen LogP) is 5.93. The molecule has 0 saturated carbocycles. The van der Waals surface area contributed by atoms with Gasteiger partial charge in [0.25, 0.3) is 0 Å². The van der Waals surface area contributed by atoms with Crippen molar-refractivity contribution >= 4 is 17.6 Å². The number of hydrogen-bond donors (Lipinski definition) is 2. The minimum atomic E-state index is -0.926. The summed E-state index contributed by atoms with van der Waals surface area (Å²) in [4.78, 5) is 36.3. The highest BCUT2D eigenvalue weighted by Gasteiger charge is 2.61. The summed E-state index contributed by atoms with van der Waals surface area (Å²) in [5, 5.41) is 6.73. The highest BCUT2D eigenvalue weighted by atomic mass is 16.5. The molecule has 232 valence electrons. The van der Waals surface area contributed by atoms with Gasteiger partial charge in [-0.2, -0.15) is 0 Å². The Kier molecular flexibility index (Phi) is 6.66. The molecule has 1 amide bonds. The van der Waals surface area contributed by atoms with Crippen LogP contribution >= 0.6 is 0 Å². The molecule has 1 spiro atoms. The zero-order valence-corrected chi connectivity index (χ0v) is 25.4. The van der Waals surface area contributed by atoms with Crippen molar-refractivity contribution in [3.05, 3.63) is 119 Å². The molecule has 10 nitrogen and oxygen atoms in total. The second-order valence-corrected chi connectivity index (χ2v) is 12.4. The van der Waals surface area contributed by atoms with E-state index >= 15 is 0 Å². The summed E-state index contributed by atoms with van der Waals surface area (Å²) in [6.45, 7) is 4.12. The zero-order chi connectivity index (χ0) is 31.4. The van der Waals surface area contributed by atoms with Gasteiger partial charge in [-0.25, -0.2) is 9.97 Å². The van der Waals surface area contributed by atoms with Gasteiger partial charge < -0.3 is 28.9 Å². The molecule has 5 heterocycles. The van der Waals surface area contributed by atoms with Crippen molar-refractivity contribution in [1.82, 2.24) is 15.3 Å². The molecule has 3 aromatic carbocycles. The molecule has 8 rings (SSSR count). The number of esters is 1. The number of benzene rings is 3. The number of carbonyl (C=O) groups excluding carboxylic acids is 2. The van der Waals surface area contributed by atoms with Gasteiger partial charge >= 0.3 is 5.97 Å². The number of anilines is 1. The number of nitrogens with zero attached hydrogens (tertiary/aromatic N) is 2. The predicted molar refractivity (Wildman–Crippen MR) is 167 cm³/mol. The molecule has 4 bridgehead atoms. The standard InChI is InChI=1S/C36H32N4O6/c1-20(2)30-34-40-31(28-17-37-19-44-28)32(46-34)36-24-10-6-7-11-26(24)38-35(36)45-27-13-12-22(15-25(27)36)14-23(33(42)39-30)16-29(41)43-18-21-8-4-3-5-9-21/h3-13,15,17,19-20,23,30,35,38H,14,16,18H2,1-2H3,(H,39,42)/t23-,30+,35+,36?/m1/s1. The van der Waals surface area contributed by atoms with E-state index in [0.717, 1.165) is 27.9 Å². The van der Waals surface area contributed by atoms with Crippen molar-refractivity contribution in [2.45, 2.75) is 51.0 Å². The van der Waals surface area contributed by atoms with Gasteiger partial charge in [-0.1, -0.05) is 74.5 Å². The fraction of sp³-hybridized carbons (Fsp3) is 0.278. The summed E-state index contributed by atoms with van der Waals surface area (Å²) >= 11 is 0. The van der Waals surface area contributed by atoms with Crippen molar-refractivity contribution in [2.24, 2.45) is 11.8 Å². The summed E-state index contributed by atoms with van der Waals surface area (Å²) in [5.41, 5.74) is 4.09. The summed E-state index contributed by atoms with van der Waals surface area (Å²) < 4.78 is 24.8. The molecule has 1 unspecified atom stereocenters. The Morgan fingerprint density at radius 2 is 1.87 bits per heavy atom. The first-order valence-corrected chi connectivity index (χ1v) is 15.5. The number of amides is 1. The molecule has 10 heteroatoms. The average molecular weight is 617 g/mol. The molecule has 0 radical (unpaired) electrons. The van der Waals surface area contributed by atoms with Crippen molar-refractivity contribution in [2.75, 3.05) is 5.32 Å². The lowest BCUT2D eigenvalue weighted by atomic mass is 9.72. The van der Waals surface area contributed by atoms with Gasteiger partial charge in [0, 0.05) is 11.3 Å². The number of rotatable bonds is 6. The van der Waals surface area contributed by atoms with Crippen LogP contribution in [0.15, 0.2) is 94.2 Å². The van der Waals surface area contributed by atoms with Crippen molar-refractivity contribution in [3.63, 3.8) is 0 Å². The van der Waals surface area contributed by atoms with E-state index in [1.807, 2.05) is 74.5 Å². The molecule has 3 aliphatic heterocycles. The Balaban J connectivity index is 1.27. The molecule has 46 heavy (non-hydrogen) atoms. The quantitative estimate of drug-likeness (QED) is 0.223. The van der Waals surface area contributed by atoms with Crippen LogP contribution in [-0.4, -0.2) is 28.1 Å². The van der Waals surface area contributed by atoms with E-state index in [1.54, 1.807) is 6.20 Å². The number of carbonyl (C=O) groups is 2. The first-order chi connectivity index (χ1) is 22.4. The highest BCUT2D eigenvalue weighted by molar-refractivity contribution is 5.84. The van der Waals surface area contributed by atoms with Gasteiger partial charge in [0.15, 0.2) is 29.8 Å². The number of aromatic nitrogens is 2. The second kappa shape index (κ2) is 10.9. The Morgan fingerprint density at radius 1 is 1.04 bits per heavy atom. The van der Waals surface area contributed by atoms with E-state index in [-0.39, 0.29) is 24.9 Å². The number of fused-ring (bicyclic) bond motifs is 4. The minimum absolute atomic E-state index is 0.0879. The van der Waals surface area contributed by atoms with Gasteiger partial charge in [0.2, 0.25) is 11.8 Å². The first-order valence-electron chi connectivity index (χ1n) is 15.5. The van der Waals surface area contributed by atoms with Crippen LogP contribution in [0.2, 0.25) is 0 Å². The van der Waals surface area contributed by atoms with Crippen molar-refractivity contribution in [3.8, 4) is 17.2 Å². The second-order valence-electron chi connectivity index (χ2n) is 12.4. The molecule has 2 N–H and O–H groups in total. The van der Waals surface area contributed by atoms with Crippen LogP contribution in [-0.2, 0) is 32.8 Å². The maximum Gasteiger partial charge on any atom is 0.306 e. The number of nitrogens with one attached hydrogen (secondary N) is 2. The fourth-order valence-electron chi connectivity index (χ4n) is 6.92. The number of oxazole rings is 2. The monoisotopic (exact) mass is 616 g/mol. The van der Waals surface area contributed by atoms with Gasteiger partial charge in [-0.05, 0) is 41.2 Å². The SMILES string of the molecule is CC(C)[C@@H]1NC(=O)[C@@H](CC(=O)OCc2ccccc2)Cc2ccc3c(c2)C2(c4ccccc4N[C@H]2O3)c2oc1nc2-c1cnco1. The van der Waals surface area contributed by atoms with Crippen LogP contribution in [0.3, 0.4) is 0 Å². The number of hydrogen-bond acceptors (Lipinski definition) is 9. The minimum Gasteiger partial charge on any atom is -0.469 e. The average Bonchev–Trinajstić information content (AvgIpc) is 3.85. The third kappa shape index (κ3) is 4.47. The lowest BCUT2D eigenvalue weighted by molar-refractivity contribution is -0.148. The Morgan fingerprint density at radius 3 is 2.67 bits per heavy atom. The molecule has 2 aromatic heterocycles. The van der Waals surface area contributed by atoms with E-state index in [2.05, 4.69) is 27.8 Å². The largest absolute Gasteiger partial charge is 0.469 e. The van der Waals surface area contributed by atoms with Crippen LogP contribution in [0.5, 0.6) is 5.75 Å². The lowest BCUT2D eigenvalue weighted by Crippen LogP contribution is -2.40. The normalized spacial score (nSPS) is 22.5. The highest BCUT2D eigenvalue weighted by Crippen LogP contribution is 2.59. The maximum atomic E-state index is 14.0. The van der Waals surface area contributed by atoms with E-state index in [4.69, 9.17) is 23.3 Å². The van der Waals surface area contributed by atoms with Crippen LogP contribution in [0, 0.1) is 11.8 Å². The van der Waals surface area contributed by atoms with Crippen LogP contribution in [0.25, 0.3) is 11.5 Å². The van der Waals surface area contributed by atoms with Crippen LogP contribution in [0.1, 0.15) is 60.2 Å². The van der Waals surface area contributed by atoms with Crippen LogP contribution in [0.4, 0.5) is 5.69 Å². The maximum absolute atomic E-state index is 14.0. The summed E-state index contributed by atoms with van der Waals surface area (Å²) in [5.74, 6) is 0.479. The van der Waals surface area contributed by atoms with Crippen molar-refractivity contribution in [1.29, 1.82) is 0 Å². The number of ether oxygens (including phenoxy) is 2. The van der Waals surface area contributed by atoms with Gasteiger partial charge in [0.1, 0.15) is 23.8 Å². The molecule has 4 atom stereocenters. The summed E-state index contributed by atoms with van der Waals surface area (Å²) in [6, 6.07) is 22.9. The molecular weight excluding hydrogens is 584 g/mol. The molecule has 0 aliphatic carbocycles. The lowest BCUT2D eigenvalue weighted by Gasteiger charge is -2.28. The van der Waals surface area contributed by atoms with E-state index in [0.29, 0.717) is 35.3 Å². The molecular formula is C36H32N4O6. The first kappa shape index (κ1) is 28.1. The Bertz CT molecular complexity index is 1940. The van der Waals surface area contributed by atoms with Gasteiger partial charge in [-0.15, -0.1) is 0 Å². The molecule has 0 saturated heterocycles.